The minimum absolute atomic E-state index is 0.0286. The quantitative estimate of drug-likeness (QED) is 0.650. The molecular formula is C22H23N3O3S. The van der Waals surface area contributed by atoms with E-state index in [0.29, 0.717) is 13.1 Å². The summed E-state index contributed by atoms with van der Waals surface area (Å²) in [6.45, 7) is 1.02. The van der Waals surface area contributed by atoms with E-state index >= 15 is 0 Å². The fourth-order valence-electron chi connectivity index (χ4n) is 3.83. The molecule has 0 radical (unpaired) electrons. The Morgan fingerprint density at radius 1 is 1.10 bits per heavy atom. The number of fused-ring (bicyclic) bond motifs is 1. The van der Waals surface area contributed by atoms with Crippen LogP contribution in [0.4, 0.5) is 0 Å². The summed E-state index contributed by atoms with van der Waals surface area (Å²) in [5.74, 6) is -0.304. The van der Waals surface area contributed by atoms with Crippen LogP contribution in [0.5, 0.6) is 0 Å². The number of hydrogen-bond donors (Lipinski definition) is 0. The lowest BCUT2D eigenvalue weighted by Gasteiger charge is -2.34. The average Bonchev–Trinajstić information content (AvgIpc) is 3.18. The third-order valence-corrected chi connectivity index (χ3v) is 7.09. The second kappa shape index (κ2) is 7.83. The minimum atomic E-state index is -3.48. The highest BCUT2D eigenvalue weighted by molar-refractivity contribution is 7.91. The molecule has 1 aliphatic heterocycles. The molecule has 0 saturated carbocycles. The Balaban J connectivity index is 1.52. The average molecular weight is 410 g/mol. The zero-order valence-corrected chi connectivity index (χ0v) is 17.0. The van der Waals surface area contributed by atoms with Crippen molar-refractivity contribution in [3.8, 4) is 0 Å². The van der Waals surface area contributed by atoms with E-state index in [1.807, 2.05) is 37.6 Å². The van der Waals surface area contributed by atoms with E-state index in [2.05, 4.69) is 11.2 Å². The van der Waals surface area contributed by atoms with Gasteiger partial charge in [-0.15, -0.1) is 0 Å². The molecule has 0 spiro atoms. The molecule has 0 saturated heterocycles. The van der Waals surface area contributed by atoms with Crippen LogP contribution in [0.25, 0.3) is 0 Å². The summed E-state index contributed by atoms with van der Waals surface area (Å²) in [7, 11) is -1.61. The van der Waals surface area contributed by atoms with Crippen molar-refractivity contribution in [2.75, 3.05) is 12.3 Å². The highest BCUT2D eigenvalue weighted by atomic mass is 32.2. The number of aromatic nitrogens is 2. The van der Waals surface area contributed by atoms with Crippen molar-refractivity contribution in [2.45, 2.75) is 23.8 Å². The van der Waals surface area contributed by atoms with E-state index in [0.717, 1.165) is 11.1 Å². The Morgan fingerprint density at radius 2 is 1.83 bits per heavy atom. The summed E-state index contributed by atoms with van der Waals surface area (Å²) in [5, 5.41) is 4.27. The van der Waals surface area contributed by atoms with Crippen molar-refractivity contribution < 1.29 is 13.2 Å². The lowest BCUT2D eigenvalue weighted by Crippen LogP contribution is -2.39. The van der Waals surface area contributed by atoms with E-state index in [-0.39, 0.29) is 28.9 Å². The summed E-state index contributed by atoms with van der Waals surface area (Å²) in [4.78, 5) is 14.9. The van der Waals surface area contributed by atoms with Gasteiger partial charge in [0.1, 0.15) is 0 Å². The first-order valence-corrected chi connectivity index (χ1v) is 11.2. The van der Waals surface area contributed by atoms with Crippen LogP contribution in [-0.2, 0) is 28.2 Å². The van der Waals surface area contributed by atoms with Crippen LogP contribution in [-0.4, -0.2) is 41.3 Å². The molecule has 2 aromatic carbocycles. The molecule has 0 N–H and O–H groups in total. The molecule has 2 heterocycles. The van der Waals surface area contributed by atoms with E-state index in [1.54, 1.807) is 39.9 Å². The highest BCUT2D eigenvalue weighted by Crippen LogP contribution is 2.33. The molecule has 6 nitrogen and oxygen atoms in total. The van der Waals surface area contributed by atoms with Crippen molar-refractivity contribution in [2.24, 2.45) is 7.05 Å². The fraction of sp³-hybridized carbons (Fsp3) is 0.273. The zero-order chi connectivity index (χ0) is 20.4. The van der Waals surface area contributed by atoms with Gasteiger partial charge >= 0.3 is 0 Å². The number of amides is 1. The Hall–Kier alpha value is -2.93. The van der Waals surface area contributed by atoms with Crippen LogP contribution in [0.2, 0.25) is 0 Å². The standard InChI is InChI=1S/C22H23N3O3S/c1-24-14-18(13-23-24)21-16-25(15-17-7-5-6-10-20(17)21)22(26)11-12-29(27,28)19-8-3-2-4-9-19/h2-10,13-14,21H,11-12,15-16H2,1H3. The van der Waals surface area contributed by atoms with Gasteiger partial charge in [-0.1, -0.05) is 42.5 Å². The molecule has 0 fully saturated rings. The lowest BCUT2D eigenvalue weighted by atomic mass is 9.86. The molecule has 29 heavy (non-hydrogen) atoms. The van der Waals surface area contributed by atoms with Gasteiger partial charge in [0.25, 0.3) is 0 Å². The van der Waals surface area contributed by atoms with Gasteiger partial charge in [0, 0.05) is 38.7 Å². The molecule has 150 valence electrons. The second-order valence-electron chi connectivity index (χ2n) is 7.35. The van der Waals surface area contributed by atoms with Gasteiger partial charge in [-0.3, -0.25) is 9.48 Å². The SMILES string of the molecule is Cn1cc(C2CN(C(=O)CCS(=O)(=O)c3ccccc3)Cc3ccccc32)cn1. The number of nitrogens with zero attached hydrogens (tertiary/aromatic N) is 3. The first-order chi connectivity index (χ1) is 13.9. The molecular weight excluding hydrogens is 386 g/mol. The van der Waals surface area contributed by atoms with Crippen LogP contribution < -0.4 is 0 Å². The van der Waals surface area contributed by atoms with Gasteiger partial charge in [0.15, 0.2) is 9.84 Å². The largest absolute Gasteiger partial charge is 0.337 e. The maximum absolute atomic E-state index is 12.9. The number of rotatable bonds is 5. The topological polar surface area (TPSA) is 72.3 Å². The Kier molecular flexibility index (Phi) is 5.24. The van der Waals surface area contributed by atoms with Crippen molar-refractivity contribution in [1.82, 2.24) is 14.7 Å². The molecule has 3 aromatic rings. The van der Waals surface area contributed by atoms with Crippen molar-refractivity contribution >= 4 is 15.7 Å². The predicted octanol–water partition coefficient (Wildman–Crippen LogP) is 2.76. The fourth-order valence-corrected chi connectivity index (χ4v) is 5.08. The zero-order valence-electron chi connectivity index (χ0n) is 16.2. The van der Waals surface area contributed by atoms with E-state index in [4.69, 9.17) is 0 Å². The van der Waals surface area contributed by atoms with Crippen LogP contribution >= 0.6 is 0 Å². The smallest absolute Gasteiger partial charge is 0.223 e. The van der Waals surface area contributed by atoms with E-state index in [1.165, 1.54) is 5.56 Å². The third-order valence-electron chi connectivity index (χ3n) is 5.36. The molecule has 1 aliphatic rings. The predicted molar refractivity (Wildman–Crippen MR) is 110 cm³/mol. The van der Waals surface area contributed by atoms with Gasteiger partial charge in [-0.25, -0.2) is 8.42 Å². The van der Waals surface area contributed by atoms with Crippen LogP contribution in [0.1, 0.15) is 29.0 Å². The molecule has 1 amide bonds. The Bertz CT molecular complexity index is 1120. The van der Waals surface area contributed by atoms with Gasteiger partial charge in [-0.2, -0.15) is 5.10 Å². The molecule has 7 heteroatoms. The molecule has 1 atom stereocenters. The van der Waals surface area contributed by atoms with E-state index in [9.17, 15) is 13.2 Å². The summed E-state index contributed by atoms with van der Waals surface area (Å²) in [6, 6.07) is 16.4. The van der Waals surface area contributed by atoms with Crippen molar-refractivity contribution in [3.63, 3.8) is 0 Å². The monoisotopic (exact) mass is 409 g/mol. The van der Waals surface area contributed by atoms with E-state index < -0.39 is 9.84 Å². The first kappa shape index (κ1) is 19.4. The molecule has 1 unspecified atom stereocenters. The molecule has 0 bridgehead atoms. The number of sulfone groups is 1. The van der Waals surface area contributed by atoms with Crippen LogP contribution in [0.3, 0.4) is 0 Å². The summed E-state index contributed by atoms with van der Waals surface area (Å²) < 4.78 is 26.8. The number of carbonyl (C=O) groups is 1. The van der Waals surface area contributed by atoms with Crippen LogP contribution in [0.15, 0.2) is 71.9 Å². The maximum atomic E-state index is 12.9. The second-order valence-corrected chi connectivity index (χ2v) is 9.46. The van der Waals surface area contributed by atoms with Gasteiger partial charge in [0.2, 0.25) is 5.91 Å². The summed E-state index contributed by atoms with van der Waals surface area (Å²) in [5.41, 5.74) is 3.34. The minimum Gasteiger partial charge on any atom is -0.337 e. The van der Waals surface area contributed by atoms with Crippen LogP contribution in [0, 0.1) is 0 Å². The number of aryl methyl sites for hydroxylation is 1. The van der Waals surface area contributed by atoms with Crippen molar-refractivity contribution in [3.05, 3.63) is 83.7 Å². The molecule has 0 aliphatic carbocycles. The number of benzene rings is 2. The maximum Gasteiger partial charge on any atom is 0.223 e. The normalized spacial score (nSPS) is 16.4. The Morgan fingerprint density at radius 3 is 2.55 bits per heavy atom. The number of carbonyl (C=O) groups excluding carboxylic acids is 1. The summed E-state index contributed by atoms with van der Waals surface area (Å²) in [6.07, 6.45) is 3.77. The number of hydrogen-bond acceptors (Lipinski definition) is 4. The van der Waals surface area contributed by atoms with Gasteiger partial charge < -0.3 is 4.90 Å². The van der Waals surface area contributed by atoms with Gasteiger partial charge in [0.05, 0.1) is 16.8 Å². The first-order valence-electron chi connectivity index (χ1n) is 9.56. The Labute approximate surface area is 170 Å². The molecule has 1 aromatic heterocycles. The third kappa shape index (κ3) is 4.10. The lowest BCUT2D eigenvalue weighted by molar-refractivity contribution is -0.131. The summed E-state index contributed by atoms with van der Waals surface area (Å²) >= 11 is 0. The highest BCUT2D eigenvalue weighted by Gasteiger charge is 2.30. The van der Waals surface area contributed by atoms with Gasteiger partial charge in [-0.05, 0) is 28.8 Å². The van der Waals surface area contributed by atoms with Crippen molar-refractivity contribution in [1.29, 1.82) is 0 Å². The molecule has 4 rings (SSSR count).